The molecule has 118 valence electrons. The van der Waals surface area contributed by atoms with E-state index in [1.165, 1.54) is 16.6 Å². The first-order valence-electron chi connectivity index (χ1n) is 6.98. The van der Waals surface area contributed by atoms with Gasteiger partial charge in [-0.15, -0.1) is 0 Å². The van der Waals surface area contributed by atoms with Gasteiger partial charge in [0.15, 0.2) is 0 Å². The molecule has 0 spiro atoms. The van der Waals surface area contributed by atoms with Gasteiger partial charge in [-0.2, -0.15) is 0 Å². The van der Waals surface area contributed by atoms with Crippen molar-refractivity contribution in [1.82, 2.24) is 4.31 Å². The number of hydrogen-bond donors (Lipinski definition) is 0. The molecule has 0 aliphatic carbocycles. The molecule has 2 rings (SSSR count). The smallest absolute Gasteiger partial charge is 0.228 e. The Morgan fingerprint density at radius 1 is 1.41 bits per heavy atom. The van der Waals surface area contributed by atoms with Gasteiger partial charge in [-0.1, -0.05) is 6.07 Å². The first-order valence-corrected chi connectivity index (χ1v) is 8.83. The van der Waals surface area contributed by atoms with Crippen LogP contribution in [-0.2, 0) is 10.0 Å². The highest BCUT2D eigenvalue weighted by atomic mass is 32.2. The zero-order valence-electron chi connectivity index (χ0n) is 12.4. The lowest BCUT2D eigenvalue weighted by Crippen LogP contribution is -2.39. The molecular weight excluding hydrogens is 304 g/mol. The summed E-state index contributed by atoms with van der Waals surface area (Å²) in [5.41, 5.74) is 0.762. The summed E-state index contributed by atoms with van der Waals surface area (Å²) in [5.74, 6) is 0.730. The van der Waals surface area contributed by atoms with E-state index < -0.39 is 10.0 Å². The number of carbonyl (C=O) groups excluding carboxylic acids is 1. The fourth-order valence-electron chi connectivity index (χ4n) is 2.43. The van der Waals surface area contributed by atoms with Crippen molar-refractivity contribution in [3.8, 4) is 5.75 Å². The number of carbonyl (C=O) groups is 1. The largest absolute Gasteiger partial charge is 0.504 e. The fourth-order valence-corrected chi connectivity index (χ4v) is 3.31. The van der Waals surface area contributed by atoms with E-state index in [1.807, 2.05) is 0 Å². The van der Waals surface area contributed by atoms with Crippen LogP contribution in [0.2, 0.25) is 0 Å². The zero-order valence-corrected chi connectivity index (χ0v) is 13.2. The van der Waals surface area contributed by atoms with E-state index in [9.17, 15) is 13.2 Å². The first kappa shape index (κ1) is 16.5. The van der Waals surface area contributed by atoms with Crippen LogP contribution in [0.3, 0.4) is 0 Å². The molecule has 0 radical (unpaired) electrons. The summed E-state index contributed by atoms with van der Waals surface area (Å²) in [5, 5.41) is 0. The summed E-state index contributed by atoms with van der Waals surface area (Å²) in [7, 11) is -3.12. The number of hydrogen-bond acceptors (Lipinski definition) is 4. The van der Waals surface area contributed by atoms with Gasteiger partial charge in [0.1, 0.15) is 12.0 Å². The Hall–Kier alpha value is -1.91. The molecule has 0 saturated carbocycles. The number of sulfonamides is 1. The summed E-state index contributed by atoms with van der Waals surface area (Å²) in [6.07, 6.45) is 3.40. The average molecular weight is 322 g/mol. The highest BCUT2D eigenvalue weighted by molar-refractivity contribution is 7.88. The van der Waals surface area contributed by atoms with Crippen LogP contribution in [0, 0.1) is 12.5 Å². The van der Waals surface area contributed by atoms with Gasteiger partial charge in [-0.25, -0.2) is 17.6 Å². The Bertz CT molecular complexity index is 686. The quantitative estimate of drug-likeness (QED) is 0.615. The number of rotatable bonds is 5. The van der Waals surface area contributed by atoms with Crippen molar-refractivity contribution in [1.29, 1.82) is 0 Å². The molecule has 1 saturated heterocycles. The lowest BCUT2D eigenvalue weighted by molar-refractivity contribution is 0.112. The van der Waals surface area contributed by atoms with Gasteiger partial charge < -0.3 is 4.74 Å². The van der Waals surface area contributed by atoms with Gasteiger partial charge in [0.05, 0.1) is 19.4 Å². The molecule has 1 fully saturated rings. The summed E-state index contributed by atoms with van der Waals surface area (Å²) >= 11 is 0. The molecule has 22 heavy (non-hydrogen) atoms. The molecule has 1 aromatic carbocycles. The molecule has 6 nitrogen and oxygen atoms in total. The second kappa shape index (κ2) is 6.90. The lowest BCUT2D eigenvalue weighted by Gasteiger charge is -2.30. The van der Waals surface area contributed by atoms with Gasteiger partial charge in [0, 0.05) is 18.7 Å². The third-order valence-corrected chi connectivity index (χ3v) is 5.06. The maximum atomic E-state index is 11.4. The normalized spacial score (nSPS) is 16.9. The van der Waals surface area contributed by atoms with Crippen molar-refractivity contribution in [3.05, 3.63) is 35.2 Å². The Labute approximate surface area is 130 Å². The molecule has 0 atom stereocenters. The predicted molar refractivity (Wildman–Crippen MR) is 82.7 cm³/mol. The molecule has 0 aromatic heterocycles. The van der Waals surface area contributed by atoms with Crippen LogP contribution in [0.5, 0.6) is 5.75 Å². The highest BCUT2D eigenvalue weighted by Gasteiger charge is 2.25. The van der Waals surface area contributed by atoms with Crippen LogP contribution < -0.4 is 4.74 Å². The van der Waals surface area contributed by atoms with Crippen LogP contribution in [0.1, 0.15) is 23.2 Å². The monoisotopic (exact) mass is 322 g/mol. The van der Waals surface area contributed by atoms with Gasteiger partial charge in [-0.3, -0.25) is 4.79 Å². The van der Waals surface area contributed by atoms with E-state index in [1.54, 1.807) is 12.1 Å². The van der Waals surface area contributed by atoms with E-state index >= 15 is 0 Å². The van der Waals surface area contributed by atoms with E-state index in [4.69, 9.17) is 11.3 Å². The second-order valence-corrected chi connectivity index (χ2v) is 7.36. The maximum absolute atomic E-state index is 11.4. The average Bonchev–Trinajstić information content (AvgIpc) is 2.52. The van der Waals surface area contributed by atoms with Gasteiger partial charge in [-0.05, 0) is 30.9 Å². The number of ether oxygens (including phenoxy) is 1. The third kappa shape index (κ3) is 4.06. The number of nitrogens with zero attached hydrogens (tertiary/aromatic N) is 2. The highest BCUT2D eigenvalue weighted by Crippen LogP contribution is 2.29. The molecule has 0 amide bonds. The standard InChI is InChI=1S/C15H18N2O4S/c1-16-14-9-13(10-18)3-4-15(14)21-11-12-5-7-17(8-6-12)22(2,19)20/h3-4,9-10,12H,5-8,11H2,2H3. The van der Waals surface area contributed by atoms with Crippen molar-refractivity contribution in [3.63, 3.8) is 0 Å². The third-order valence-electron chi connectivity index (χ3n) is 3.76. The summed E-state index contributed by atoms with van der Waals surface area (Å²) < 4.78 is 30.1. The van der Waals surface area contributed by atoms with Crippen LogP contribution >= 0.6 is 0 Å². The number of benzene rings is 1. The van der Waals surface area contributed by atoms with E-state index in [0.717, 1.165) is 12.8 Å². The minimum Gasteiger partial charge on any atom is -0.504 e. The molecule has 1 heterocycles. The minimum absolute atomic E-state index is 0.266. The van der Waals surface area contributed by atoms with Crippen molar-refractivity contribution in [2.75, 3.05) is 26.0 Å². The van der Waals surface area contributed by atoms with Crippen LogP contribution in [-0.4, -0.2) is 45.0 Å². The molecule has 0 bridgehead atoms. The van der Waals surface area contributed by atoms with Gasteiger partial charge >= 0.3 is 0 Å². The zero-order chi connectivity index (χ0) is 16.2. The van der Waals surface area contributed by atoms with Crippen LogP contribution in [0.4, 0.5) is 5.69 Å². The first-order chi connectivity index (χ1) is 10.4. The van der Waals surface area contributed by atoms with E-state index in [2.05, 4.69) is 4.85 Å². The van der Waals surface area contributed by atoms with Gasteiger partial charge in [0.25, 0.3) is 0 Å². The molecule has 0 unspecified atom stereocenters. The summed E-state index contributed by atoms with van der Waals surface area (Å²) in [4.78, 5) is 14.1. The maximum Gasteiger partial charge on any atom is 0.228 e. The van der Waals surface area contributed by atoms with Crippen LogP contribution in [0.25, 0.3) is 4.85 Å². The predicted octanol–water partition coefficient (Wildman–Crippen LogP) is 2.10. The van der Waals surface area contributed by atoms with Crippen molar-refractivity contribution >= 4 is 22.0 Å². The van der Waals surface area contributed by atoms with E-state index in [-0.39, 0.29) is 5.92 Å². The summed E-state index contributed by atoms with van der Waals surface area (Å²) in [6.45, 7) is 8.59. The number of aldehydes is 1. The molecule has 1 aliphatic heterocycles. The summed E-state index contributed by atoms with van der Waals surface area (Å²) in [6, 6.07) is 4.74. The Balaban J connectivity index is 1.92. The Morgan fingerprint density at radius 2 is 2.09 bits per heavy atom. The number of piperidine rings is 1. The second-order valence-electron chi connectivity index (χ2n) is 5.37. The lowest BCUT2D eigenvalue weighted by atomic mass is 9.99. The topological polar surface area (TPSA) is 68.0 Å². The SMILES string of the molecule is [C-]#[N+]c1cc(C=O)ccc1OCC1CCN(S(C)(=O)=O)CC1. The fraction of sp³-hybridized carbons (Fsp3) is 0.467. The van der Waals surface area contributed by atoms with Crippen molar-refractivity contribution in [2.45, 2.75) is 12.8 Å². The van der Waals surface area contributed by atoms with E-state index in [0.29, 0.717) is 43.0 Å². The molecular formula is C15H18N2O4S. The Morgan fingerprint density at radius 3 is 2.64 bits per heavy atom. The molecule has 0 N–H and O–H groups in total. The van der Waals surface area contributed by atoms with Crippen molar-refractivity contribution < 1.29 is 17.9 Å². The van der Waals surface area contributed by atoms with Gasteiger partial charge in [0.2, 0.25) is 15.7 Å². The molecule has 7 heteroatoms. The Kier molecular flexibility index (Phi) is 5.16. The minimum atomic E-state index is -3.12. The molecule has 1 aliphatic rings. The van der Waals surface area contributed by atoms with Crippen LogP contribution in [0.15, 0.2) is 18.2 Å². The van der Waals surface area contributed by atoms with Crippen molar-refractivity contribution in [2.24, 2.45) is 5.92 Å². The molecule has 1 aromatic rings.